The van der Waals surface area contributed by atoms with Crippen molar-refractivity contribution in [2.45, 2.75) is 13.8 Å². The molecule has 0 atom stereocenters. The van der Waals surface area contributed by atoms with E-state index < -0.39 is 12.6 Å². The van der Waals surface area contributed by atoms with Crippen LogP contribution in [0.2, 0.25) is 0 Å². The number of carbonyl (C=O) groups is 2. The highest BCUT2D eigenvalue weighted by Gasteiger charge is 2.35. The molecular formula is C26H22N2O4S. The van der Waals surface area contributed by atoms with E-state index in [-0.39, 0.29) is 5.91 Å². The molecule has 1 amide bonds. The number of benzene rings is 3. The van der Waals surface area contributed by atoms with Crippen LogP contribution in [0.4, 0.5) is 11.4 Å². The van der Waals surface area contributed by atoms with Crippen LogP contribution in [-0.4, -0.2) is 28.8 Å². The van der Waals surface area contributed by atoms with Gasteiger partial charge in [0.2, 0.25) is 0 Å². The summed E-state index contributed by atoms with van der Waals surface area (Å²) in [6, 6.07) is 22.5. The zero-order chi connectivity index (χ0) is 23.4. The third-order valence-corrected chi connectivity index (χ3v) is 6.00. The minimum Gasteiger partial charge on any atom is -0.482 e. The van der Waals surface area contributed by atoms with Gasteiger partial charge in [-0.05, 0) is 72.6 Å². The van der Waals surface area contributed by atoms with Crippen molar-refractivity contribution in [3.05, 3.63) is 94.4 Å². The number of carbonyl (C=O) groups excluding carboxylic acids is 1. The lowest BCUT2D eigenvalue weighted by atomic mass is 10.1. The second kappa shape index (κ2) is 9.75. The van der Waals surface area contributed by atoms with Crippen LogP contribution in [-0.2, 0) is 9.59 Å². The minimum atomic E-state index is -1.04. The summed E-state index contributed by atoms with van der Waals surface area (Å²) in [5, 5.41) is 9.34. The largest absolute Gasteiger partial charge is 0.482 e. The van der Waals surface area contributed by atoms with Gasteiger partial charge >= 0.3 is 5.97 Å². The number of amidine groups is 1. The van der Waals surface area contributed by atoms with Gasteiger partial charge in [0, 0.05) is 0 Å². The highest BCUT2D eigenvalue weighted by molar-refractivity contribution is 8.19. The molecule has 1 aliphatic heterocycles. The summed E-state index contributed by atoms with van der Waals surface area (Å²) in [7, 11) is 0. The molecule has 1 aliphatic rings. The van der Waals surface area contributed by atoms with E-state index >= 15 is 0 Å². The van der Waals surface area contributed by atoms with Gasteiger partial charge in [-0.3, -0.25) is 9.69 Å². The Kier molecular flexibility index (Phi) is 6.60. The molecule has 6 nitrogen and oxygen atoms in total. The molecule has 7 heteroatoms. The molecule has 3 aromatic carbocycles. The van der Waals surface area contributed by atoms with Crippen molar-refractivity contribution in [2.24, 2.45) is 4.99 Å². The first-order chi connectivity index (χ1) is 15.9. The van der Waals surface area contributed by atoms with Crippen molar-refractivity contribution in [1.29, 1.82) is 0 Å². The van der Waals surface area contributed by atoms with Crippen LogP contribution in [0.1, 0.15) is 16.7 Å². The standard InChI is InChI=1S/C26H22N2O4S/c1-17-7-3-5-9-21(17)27-26-28(22-10-6-4-8-18(22)2)25(31)23(33-26)15-19-11-13-20(14-12-19)32-16-24(29)30/h3-15H,16H2,1-2H3,(H,29,30)/b23-15-,27-26?. The molecule has 1 N–H and O–H groups in total. The van der Waals surface area contributed by atoms with Gasteiger partial charge in [-0.25, -0.2) is 9.79 Å². The Balaban J connectivity index is 1.69. The average molecular weight is 459 g/mol. The number of aliphatic imine (C=N–C) groups is 1. The van der Waals surface area contributed by atoms with Gasteiger partial charge < -0.3 is 9.84 Å². The topological polar surface area (TPSA) is 79.2 Å². The molecule has 3 aromatic rings. The van der Waals surface area contributed by atoms with Crippen molar-refractivity contribution in [3.63, 3.8) is 0 Å². The van der Waals surface area contributed by atoms with Gasteiger partial charge in [0.15, 0.2) is 11.8 Å². The molecule has 166 valence electrons. The molecule has 1 heterocycles. The third kappa shape index (κ3) is 5.15. The quantitative estimate of drug-likeness (QED) is 0.488. The lowest BCUT2D eigenvalue weighted by molar-refractivity contribution is -0.139. The molecule has 33 heavy (non-hydrogen) atoms. The van der Waals surface area contributed by atoms with E-state index in [1.807, 2.05) is 62.4 Å². The first-order valence-corrected chi connectivity index (χ1v) is 11.1. The van der Waals surface area contributed by atoms with E-state index in [4.69, 9.17) is 14.8 Å². The molecule has 0 aliphatic carbocycles. The Morgan fingerprint density at radius 3 is 2.33 bits per heavy atom. The zero-order valence-electron chi connectivity index (χ0n) is 18.2. The fraction of sp³-hybridized carbons (Fsp3) is 0.115. The predicted octanol–water partition coefficient (Wildman–Crippen LogP) is 5.58. The number of aliphatic carboxylic acids is 1. The van der Waals surface area contributed by atoms with Gasteiger partial charge in [0.1, 0.15) is 5.75 Å². The van der Waals surface area contributed by atoms with Gasteiger partial charge in [0.25, 0.3) is 5.91 Å². The molecular weight excluding hydrogens is 436 g/mol. The number of carboxylic acid groups (broad SMARTS) is 1. The highest BCUT2D eigenvalue weighted by atomic mass is 32.2. The third-order valence-electron chi connectivity index (χ3n) is 5.03. The molecule has 0 aromatic heterocycles. The van der Waals surface area contributed by atoms with E-state index in [9.17, 15) is 9.59 Å². The fourth-order valence-electron chi connectivity index (χ4n) is 3.32. The number of amides is 1. The molecule has 4 rings (SSSR count). The summed E-state index contributed by atoms with van der Waals surface area (Å²) in [4.78, 5) is 31.2. The molecule has 1 fully saturated rings. The van der Waals surface area contributed by atoms with Gasteiger partial charge in [-0.15, -0.1) is 0 Å². The fourth-order valence-corrected chi connectivity index (χ4v) is 4.31. The summed E-state index contributed by atoms with van der Waals surface area (Å²) in [5.74, 6) is -0.730. The monoisotopic (exact) mass is 458 g/mol. The van der Waals surface area contributed by atoms with Crippen molar-refractivity contribution in [2.75, 3.05) is 11.5 Å². The lowest BCUT2D eigenvalue weighted by Gasteiger charge is -2.18. The van der Waals surface area contributed by atoms with E-state index in [1.165, 1.54) is 11.8 Å². The molecule has 1 saturated heterocycles. The Morgan fingerprint density at radius 1 is 1.00 bits per heavy atom. The van der Waals surface area contributed by atoms with Crippen LogP contribution in [0.5, 0.6) is 5.75 Å². The second-order valence-corrected chi connectivity index (χ2v) is 8.48. The maximum absolute atomic E-state index is 13.5. The number of hydrogen-bond acceptors (Lipinski definition) is 5. The number of anilines is 1. The number of rotatable bonds is 6. The number of aryl methyl sites for hydroxylation is 2. The summed E-state index contributed by atoms with van der Waals surface area (Å²) in [6.07, 6.45) is 1.81. The van der Waals surface area contributed by atoms with E-state index in [1.54, 1.807) is 35.2 Å². The summed E-state index contributed by atoms with van der Waals surface area (Å²) in [6.45, 7) is 3.55. The highest BCUT2D eigenvalue weighted by Crippen LogP contribution is 2.38. The number of carboxylic acids is 1. The average Bonchev–Trinajstić information content (AvgIpc) is 3.09. The Bertz CT molecular complexity index is 1270. The number of ether oxygens (including phenoxy) is 1. The van der Waals surface area contributed by atoms with Gasteiger partial charge in [-0.2, -0.15) is 0 Å². The SMILES string of the molecule is Cc1ccccc1N=C1S/C(=C\c2ccc(OCC(=O)O)cc2)C(=O)N1c1ccccc1C. The second-order valence-electron chi connectivity index (χ2n) is 7.47. The minimum absolute atomic E-state index is 0.146. The van der Waals surface area contributed by atoms with E-state index in [2.05, 4.69) is 0 Å². The molecule has 0 unspecified atom stereocenters. The number of hydrogen-bond donors (Lipinski definition) is 1. The van der Waals surface area contributed by atoms with Crippen molar-refractivity contribution >= 4 is 46.3 Å². The van der Waals surface area contributed by atoms with Crippen molar-refractivity contribution in [3.8, 4) is 5.75 Å². The van der Waals surface area contributed by atoms with Crippen molar-refractivity contribution < 1.29 is 19.4 Å². The molecule has 0 saturated carbocycles. The molecule has 0 spiro atoms. The molecule has 0 radical (unpaired) electrons. The van der Waals surface area contributed by atoms with Gasteiger partial charge in [-0.1, -0.05) is 48.5 Å². The number of para-hydroxylation sites is 2. The van der Waals surface area contributed by atoms with Gasteiger partial charge in [0.05, 0.1) is 16.3 Å². The Morgan fingerprint density at radius 2 is 1.67 bits per heavy atom. The molecule has 0 bridgehead atoms. The predicted molar refractivity (Wildman–Crippen MR) is 132 cm³/mol. The summed E-state index contributed by atoms with van der Waals surface area (Å²) >= 11 is 1.33. The summed E-state index contributed by atoms with van der Waals surface area (Å²) < 4.78 is 5.18. The summed E-state index contributed by atoms with van der Waals surface area (Å²) in [5.41, 5.74) is 4.41. The van der Waals surface area contributed by atoms with Crippen LogP contribution >= 0.6 is 11.8 Å². The van der Waals surface area contributed by atoms with Crippen LogP contribution in [0.15, 0.2) is 82.7 Å². The lowest BCUT2D eigenvalue weighted by Crippen LogP contribution is -2.29. The number of thioether (sulfide) groups is 1. The van der Waals surface area contributed by atoms with Crippen LogP contribution in [0.25, 0.3) is 6.08 Å². The van der Waals surface area contributed by atoms with Crippen LogP contribution in [0.3, 0.4) is 0 Å². The van der Waals surface area contributed by atoms with Crippen LogP contribution < -0.4 is 9.64 Å². The smallest absolute Gasteiger partial charge is 0.341 e. The van der Waals surface area contributed by atoms with E-state index in [0.29, 0.717) is 15.8 Å². The maximum atomic E-state index is 13.5. The maximum Gasteiger partial charge on any atom is 0.341 e. The van der Waals surface area contributed by atoms with E-state index in [0.717, 1.165) is 28.1 Å². The Labute approximate surface area is 196 Å². The Hall–Kier alpha value is -3.84. The van der Waals surface area contributed by atoms with Crippen molar-refractivity contribution in [1.82, 2.24) is 0 Å². The van der Waals surface area contributed by atoms with Crippen LogP contribution in [0, 0.1) is 13.8 Å². The number of nitrogens with zero attached hydrogens (tertiary/aromatic N) is 2. The first-order valence-electron chi connectivity index (χ1n) is 10.3. The normalized spacial score (nSPS) is 15.9. The first kappa shape index (κ1) is 22.4. The zero-order valence-corrected chi connectivity index (χ0v) is 19.0.